The first-order valence-corrected chi connectivity index (χ1v) is 11.8. The van der Waals surface area contributed by atoms with Crippen LogP contribution in [0.25, 0.3) is 16.7 Å². The van der Waals surface area contributed by atoms with E-state index in [1.807, 2.05) is 42.5 Å². The Morgan fingerprint density at radius 3 is 2.53 bits per heavy atom. The Hall–Kier alpha value is -3.80. The van der Waals surface area contributed by atoms with Gasteiger partial charge in [0.15, 0.2) is 10.8 Å². The van der Waals surface area contributed by atoms with Crippen LogP contribution in [0.5, 0.6) is 0 Å². The molecule has 2 aromatic carbocycles. The molecule has 0 spiro atoms. The van der Waals surface area contributed by atoms with Crippen LogP contribution in [0.4, 0.5) is 10.8 Å². The third-order valence-electron chi connectivity index (χ3n) is 4.66. The average molecular weight is 509 g/mol. The van der Waals surface area contributed by atoms with Crippen LogP contribution in [0.1, 0.15) is 9.67 Å². The molecule has 0 aliphatic rings. The second-order valence-electron chi connectivity index (χ2n) is 6.89. The fourth-order valence-corrected chi connectivity index (χ4v) is 4.71. The zero-order valence-electron chi connectivity index (χ0n) is 17.1. The van der Waals surface area contributed by atoms with Crippen molar-refractivity contribution < 1.29 is 9.72 Å². The summed E-state index contributed by atoms with van der Waals surface area (Å²) < 4.78 is 1.66. The lowest BCUT2D eigenvalue weighted by molar-refractivity contribution is -0.380. The molecule has 0 atom stereocenters. The SMILES string of the molecule is O=C(Nc1nc(Sc2ccc(Cl)cc2)nc2c1cnn2-c1ccccc1)c1ccc([N+](=O)[O-])s1. The molecular weight excluding hydrogens is 496 g/mol. The number of aromatic nitrogens is 4. The van der Waals surface area contributed by atoms with Gasteiger partial charge in [-0.1, -0.05) is 41.1 Å². The van der Waals surface area contributed by atoms with Gasteiger partial charge in [-0.25, -0.2) is 14.6 Å². The maximum atomic E-state index is 12.8. The maximum absolute atomic E-state index is 12.8. The highest BCUT2D eigenvalue weighted by Crippen LogP contribution is 2.31. The molecule has 0 aliphatic heterocycles. The lowest BCUT2D eigenvalue weighted by atomic mass is 10.3. The first-order valence-electron chi connectivity index (χ1n) is 9.78. The fourth-order valence-electron chi connectivity index (χ4n) is 3.11. The zero-order chi connectivity index (χ0) is 23.7. The number of hydrogen-bond acceptors (Lipinski definition) is 8. The molecule has 9 nitrogen and oxygen atoms in total. The van der Waals surface area contributed by atoms with E-state index in [0.29, 0.717) is 21.2 Å². The highest BCUT2D eigenvalue weighted by molar-refractivity contribution is 7.99. The number of hydrogen-bond donors (Lipinski definition) is 1. The number of nitro groups is 1. The van der Waals surface area contributed by atoms with Crippen molar-refractivity contribution >= 4 is 62.5 Å². The van der Waals surface area contributed by atoms with Crippen LogP contribution in [0.2, 0.25) is 5.02 Å². The van der Waals surface area contributed by atoms with Crippen molar-refractivity contribution in [3.63, 3.8) is 0 Å². The van der Waals surface area contributed by atoms with Gasteiger partial charge in [-0.05, 0) is 54.2 Å². The quantitative estimate of drug-likeness (QED) is 0.174. The van der Waals surface area contributed by atoms with Gasteiger partial charge in [0.05, 0.1) is 27.1 Å². The molecule has 0 bridgehead atoms. The van der Waals surface area contributed by atoms with Gasteiger partial charge >= 0.3 is 5.00 Å². The number of benzene rings is 2. The smallest absolute Gasteiger partial charge is 0.305 e. The van der Waals surface area contributed by atoms with Gasteiger partial charge in [0, 0.05) is 16.0 Å². The van der Waals surface area contributed by atoms with Gasteiger partial charge in [0.25, 0.3) is 5.91 Å². The second kappa shape index (κ2) is 9.21. The predicted molar refractivity (Wildman–Crippen MR) is 131 cm³/mol. The van der Waals surface area contributed by atoms with E-state index in [-0.39, 0.29) is 15.7 Å². The molecule has 12 heteroatoms. The molecule has 3 aromatic heterocycles. The van der Waals surface area contributed by atoms with E-state index in [0.717, 1.165) is 21.9 Å². The summed E-state index contributed by atoms with van der Waals surface area (Å²) in [5.74, 6) is -0.252. The van der Waals surface area contributed by atoms with Crippen molar-refractivity contribution in [2.75, 3.05) is 5.32 Å². The van der Waals surface area contributed by atoms with Crippen LogP contribution in [0.15, 0.2) is 83.0 Å². The predicted octanol–water partition coefficient (Wildman–Crippen LogP) is 5.84. The molecule has 1 N–H and O–H groups in total. The van der Waals surface area contributed by atoms with E-state index in [1.54, 1.807) is 23.0 Å². The van der Waals surface area contributed by atoms with Gasteiger partial charge in [-0.3, -0.25) is 14.9 Å². The maximum Gasteiger partial charge on any atom is 0.324 e. The third kappa shape index (κ3) is 4.49. The summed E-state index contributed by atoms with van der Waals surface area (Å²) >= 11 is 8.08. The van der Waals surface area contributed by atoms with Crippen molar-refractivity contribution in [2.45, 2.75) is 10.1 Å². The Labute approximate surface area is 205 Å². The average Bonchev–Trinajstić information content (AvgIpc) is 3.49. The van der Waals surface area contributed by atoms with E-state index in [4.69, 9.17) is 11.6 Å². The molecule has 34 heavy (non-hydrogen) atoms. The van der Waals surface area contributed by atoms with Crippen LogP contribution in [0, 0.1) is 10.1 Å². The summed E-state index contributed by atoms with van der Waals surface area (Å²) in [6.07, 6.45) is 1.57. The summed E-state index contributed by atoms with van der Waals surface area (Å²) in [4.78, 5) is 33.6. The first-order chi connectivity index (χ1) is 16.5. The van der Waals surface area contributed by atoms with Crippen LogP contribution in [-0.4, -0.2) is 30.6 Å². The molecule has 168 valence electrons. The molecular formula is C22H13ClN6O3S2. The monoisotopic (exact) mass is 508 g/mol. The molecule has 3 heterocycles. The zero-order valence-corrected chi connectivity index (χ0v) is 19.5. The Morgan fingerprint density at radius 1 is 1.06 bits per heavy atom. The standard InChI is InChI=1S/C22H13ClN6O3S2/c23-13-6-8-15(9-7-13)33-22-26-19(25-21(30)17-10-11-18(34-17)29(31)32)16-12-24-28(20(16)27-22)14-4-2-1-3-5-14/h1-12H,(H,25,26,27,30). The van der Waals surface area contributed by atoms with Crippen LogP contribution in [-0.2, 0) is 0 Å². The minimum Gasteiger partial charge on any atom is -0.305 e. The van der Waals surface area contributed by atoms with Crippen LogP contribution in [0.3, 0.4) is 0 Å². The number of para-hydroxylation sites is 1. The number of thiophene rings is 1. The van der Waals surface area contributed by atoms with Crippen molar-refractivity contribution in [3.8, 4) is 5.69 Å². The molecule has 0 saturated heterocycles. The molecule has 1 amide bonds. The van der Waals surface area contributed by atoms with Crippen molar-refractivity contribution in [2.24, 2.45) is 0 Å². The highest BCUT2D eigenvalue weighted by Gasteiger charge is 2.20. The number of halogens is 1. The van der Waals surface area contributed by atoms with E-state index in [2.05, 4.69) is 20.4 Å². The number of amides is 1. The van der Waals surface area contributed by atoms with Crippen molar-refractivity contribution in [1.82, 2.24) is 19.7 Å². The van der Waals surface area contributed by atoms with Gasteiger partial charge < -0.3 is 5.32 Å². The van der Waals surface area contributed by atoms with Crippen LogP contribution >= 0.6 is 34.7 Å². The third-order valence-corrected chi connectivity index (χ3v) is 6.82. The van der Waals surface area contributed by atoms with E-state index < -0.39 is 10.8 Å². The Bertz CT molecular complexity index is 1520. The van der Waals surface area contributed by atoms with Crippen molar-refractivity contribution in [3.05, 3.63) is 92.9 Å². The largest absolute Gasteiger partial charge is 0.324 e. The first kappa shape index (κ1) is 22.0. The fraction of sp³-hybridized carbons (Fsp3) is 0. The van der Waals surface area contributed by atoms with E-state index >= 15 is 0 Å². The number of carbonyl (C=O) groups is 1. The molecule has 0 aliphatic carbocycles. The van der Waals surface area contributed by atoms with Gasteiger partial charge in [-0.15, -0.1) is 0 Å². The second-order valence-corrected chi connectivity index (χ2v) is 9.43. The summed E-state index contributed by atoms with van der Waals surface area (Å²) in [7, 11) is 0. The number of rotatable bonds is 6. The van der Waals surface area contributed by atoms with Gasteiger partial charge in [0.2, 0.25) is 0 Å². The highest BCUT2D eigenvalue weighted by atomic mass is 35.5. The molecule has 0 fully saturated rings. The number of fused-ring (bicyclic) bond motifs is 1. The molecule has 5 aromatic rings. The molecule has 0 radical (unpaired) electrons. The molecule has 5 rings (SSSR count). The molecule has 0 unspecified atom stereocenters. The summed E-state index contributed by atoms with van der Waals surface area (Å²) in [6.45, 7) is 0. The number of anilines is 1. The van der Waals surface area contributed by atoms with E-state index in [9.17, 15) is 14.9 Å². The van der Waals surface area contributed by atoms with Crippen molar-refractivity contribution in [1.29, 1.82) is 0 Å². The molecule has 0 saturated carbocycles. The number of carbonyl (C=O) groups excluding carboxylic acids is 1. The minimum atomic E-state index is -0.533. The Morgan fingerprint density at radius 2 is 1.82 bits per heavy atom. The lowest BCUT2D eigenvalue weighted by Gasteiger charge is -2.08. The number of nitrogens with one attached hydrogen (secondary N) is 1. The number of nitrogens with zero attached hydrogens (tertiary/aromatic N) is 5. The summed E-state index contributed by atoms with van der Waals surface area (Å²) in [5, 5.41) is 19.6. The van der Waals surface area contributed by atoms with Gasteiger partial charge in [0.1, 0.15) is 5.82 Å². The van der Waals surface area contributed by atoms with Gasteiger partial charge in [-0.2, -0.15) is 5.10 Å². The summed E-state index contributed by atoms with van der Waals surface area (Å²) in [6, 6.07) is 19.4. The topological polar surface area (TPSA) is 116 Å². The lowest BCUT2D eigenvalue weighted by Crippen LogP contribution is -2.12. The summed E-state index contributed by atoms with van der Waals surface area (Å²) in [5.41, 5.74) is 1.30. The Kier molecular flexibility index (Phi) is 5.97. The Balaban J connectivity index is 1.57. The minimum absolute atomic E-state index is 0.117. The normalized spacial score (nSPS) is 11.0. The van der Waals surface area contributed by atoms with E-state index in [1.165, 1.54) is 23.9 Å². The van der Waals surface area contributed by atoms with Crippen LogP contribution < -0.4 is 5.32 Å².